The van der Waals surface area contributed by atoms with Crippen LogP contribution in [0.1, 0.15) is 16.6 Å². The van der Waals surface area contributed by atoms with E-state index in [1.165, 1.54) is 11.3 Å². The molecule has 0 aliphatic heterocycles. The maximum atomic E-state index is 10.5. The average molecular weight is 238 g/mol. The van der Waals surface area contributed by atoms with Crippen LogP contribution in [0.25, 0.3) is 9.75 Å². The van der Waals surface area contributed by atoms with Gasteiger partial charge >= 0.3 is 0 Å². The fraction of sp³-hybridized carbons (Fsp3) is 0.182. The van der Waals surface area contributed by atoms with Crippen molar-refractivity contribution in [3.8, 4) is 14.8 Å². The minimum Gasteiger partial charge on any atom is -0.484 e. The molecule has 0 unspecified atom stereocenters. The number of carbonyl (C=O) groups is 1. The predicted octanol–water partition coefficient (Wildman–Crippen LogP) is 3.69. The van der Waals surface area contributed by atoms with Crippen molar-refractivity contribution in [3.05, 3.63) is 29.1 Å². The van der Waals surface area contributed by atoms with Crippen molar-refractivity contribution < 1.29 is 9.53 Å². The van der Waals surface area contributed by atoms with Gasteiger partial charge in [0.15, 0.2) is 11.3 Å². The Balaban J connectivity index is 2.24. The minimum absolute atomic E-state index is 0.685. The van der Waals surface area contributed by atoms with Gasteiger partial charge in [0.2, 0.25) is 0 Å². The van der Waals surface area contributed by atoms with Gasteiger partial charge in [-0.2, -0.15) is 0 Å². The van der Waals surface area contributed by atoms with Crippen molar-refractivity contribution in [2.45, 2.75) is 6.92 Å². The Hall–Kier alpha value is -1.13. The lowest BCUT2D eigenvalue weighted by Gasteiger charge is -1.95. The molecule has 0 N–H and O–H groups in total. The number of hydrogen-bond acceptors (Lipinski definition) is 4. The van der Waals surface area contributed by atoms with Gasteiger partial charge in [-0.3, -0.25) is 4.79 Å². The molecule has 0 aliphatic rings. The maximum absolute atomic E-state index is 10.5. The quantitative estimate of drug-likeness (QED) is 0.759. The summed E-state index contributed by atoms with van der Waals surface area (Å²) in [6.45, 7) is 2.65. The fourth-order valence-corrected chi connectivity index (χ4v) is 3.05. The van der Waals surface area contributed by atoms with Gasteiger partial charge in [-0.15, -0.1) is 11.3 Å². The van der Waals surface area contributed by atoms with Gasteiger partial charge in [-0.25, -0.2) is 0 Å². The van der Waals surface area contributed by atoms with E-state index in [1.807, 2.05) is 31.2 Å². The third-order valence-corrected chi connectivity index (χ3v) is 4.06. The van der Waals surface area contributed by atoms with Crippen molar-refractivity contribution in [2.24, 2.45) is 0 Å². The molecule has 15 heavy (non-hydrogen) atoms. The summed E-state index contributed by atoms with van der Waals surface area (Å²) in [6.07, 6.45) is 0.880. The fourth-order valence-electron chi connectivity index (χ4n) is 1.22. The molecule has 4 heteroatoms. The molecule has 0 aliphatic carbocycles. The molecule has 78 valence electrons. The highest BCUT2D eigenvalue weighted by Crippen LogP contribution is 2.36. The Morgan fingerprint density at radius 3 is 2.60 bits per heavy atom. The van der Waals surface area contributed by atoms with E-state index in [2.05, 4.69) is 0 Å². The second-order valence-electron chi connectivity index (χ2n) is 2.87. The van der Waals surface area contributed by atoms with Crippen LogP contribution in [-0.4, -0.2) is 12.9 Å². The largest absolute Gasteiger partial charge is 0.484 e. The third kappa shape index (κ3) is 2.27. The van der Waals surface area contributed by atoms with Crippen LogP contribution in [0.5, 0.6) is 5.06 Å². The molecule has 2 aromatic rings. The molecule has 0 bridgehead atoms. The van der Waals surface area contributed by atoms with Gasteiger partial charge in [0.25, 0.3) is 0 Å². The highest BCUT2D eigenvalue weighted by molar-refractivity contribution is 7.23. The van der Waals surface area contributed by atoms with Crippen molar-refractivity contribution in [1.82, 2.24) is 0 Å². The Morgan fingerprint density at radius 1 is 1.20 bits per heavy atom. The first-order valence-electron chi connectivity index (χ1n) is 4.61. The molecule has 0 saturated carbocycles. The lowest BCUT2D eigenvalue weighted by Crippen LogP contribution is -1.86. The molecule has 0 fully saturated rings. The lowest BCUT2D eigenvalue weighted by molar-refractivity contribution is 0.112. The molecule has 0 aromatic carbocycles. The first kappa shape index (κ1) is 10.4. The Labute approximate surface area is 96.1 Å². The molecule has 2 nitrogen and oxygen atoms in total. The molecule has 0 amide bonds. The summed E-state index contributed by atoms with van der Waals surface area (Å²) >= 11 is 3.11. The van der Waals surface area contributed by atoms with Crippen molar-refractivity contribution in [3.63, 3.8) is 0 Å². The molecule has 2 rings (SSSR count). The smallest absolute Gasteiger partial charge is 0.174 e. The summed E-state index contributed by atoms with van der Waals surface area (Å²) in [7, 11) is 0. The van der Waals surface area contributed by atoms with E-state index < -0.39 is 0 Å². The number of carbonyl (C=O) groups excluding carboxylic acids is 1. The van der Waals surface area contributed by atoms with E-state index in [1.54, 1.807) is 11.3 Å². The molecular formula is C11H10O2S2. The Bertz CT molecular complexity index is 457. The summed E-state index contributed by atoms with van der Waals surface area (Å²) in [5.41, 5.74) is 0. The average Bonchev–Trinajstić information content (AvgIpc) is 2.85. The summed E-state index contributed by atoms with van der Waals surface area (Å²) in [5, 5.41) is 0.925. The van der Waals surface area contributed by atoms with E-state index in [9.17, 15) is 4.79 Å². The second-order valence-corrected chi connectivity index (χ2v) is 5.03. The molecule has 0 saturated heterocycles. The highest BCUT2D eigenvalue weighted by atomic mass is 32.1. The van der Waals surface area contributed by atoms with Crippen LogP contribution in [0.15, 0.2) is 24.3 Å². The van der Waals surface area contributed by atoms with E-state index in [-0.39, 0.29) is 0 Å². The zero-order chi connectivity index (χ0) is 10.7. The zero-order valence-electron chi connectivity index (χ0n) is 8.23. The van der Waals surface area contributed by atoms with Gasteiger partial charge in [0.1, 0.15) is 0 Å². The maximum Gasteiger partial charge on any atom is 0.174 e. The number of thiophene rings is 2. The second kappa shape index (κ2) is 4.59. The normalized spacial score (nSPS) is 10.2. The van der Waals surface area contributed by atoms with Crippen LogP contribution in [0.4, 0.5) is 0 Å². The Kier molecular flexibility index (Phi) is 3.18. The predicted molar refractivity (Wildman–Crippen MR) is 64.2 cm³/mol. The van der Waals surface area contributed by atoms with Gasteiger partial charge in [0.05, 0.1) is 11.5 Å². The molecule has 2 aromatic heterocycles. The molecule has 0 spiro atoms. The van der Waals surface area contributed by atoms with Gasteiger partial charge in [-0.05, 0) is 31.2 Å². The summed E-state index contributed by atoms with van der Waals surface area (Å²) in [5.74, 6) is 0. The third-order valence-electron chi connectivity index (χ3n) is 1.85. The monoisotopic (exact) mass is 238 g/mol. The molecule has 2 heterocycles. The van der Waals surface area contributed by atoms with Crippen molar-refractivity contribution in [1.29, 1.82) is 0 Å². The Morgan fingerprint density at radius 2 is 1.93 bits per heavy atom. The topological polar surface area (TPSA) is 26.3 Å². The lowest BCUT2D eigenvalue weighted by atomic mass is 10.4. The van der Waals surface area contributed by atoms with Crippen molar-refractivity contribution in [2.75, 3.05) is 6.61 Å². The van der Waals surface area contributed by atoms with Gasteiger partial charge in [-0.1, -0.05) is 11.3 Å². The van der Waals surface area contributed by atoms with Crippen LogP contribution in [0, 0.1) is 0 Å². The van der Waals surface area contributed by atoms with E-state index in [0.29, 0.717) is 6.61 Å². The summed E-state index contributed by atoms with van der Waals surface area (Å²) in [4.78, 5) is 13.6. The van der Waals surface area contributed by atoms with Crippen LogP contribution in [-0.2, 0) is 0 Å². The van der Waals surface area contributed by atoms with E-state index in [0.717, 1.165) is 26.0 Å². The van der Waals surface area contributed by atoms with Crippen LogP contribution >= 0.6 is 22.7 Å². The van der Waals surface area contributed by atoms with Crippen LogP contribution in [0.2, 0.25) is 0 Å². The number of aldehydes is 1. The minimum atomic E-state index is 0.685. The molecule has 0 radical (unpaired) electrons. The zero-order valence-corrected chi connectivity index (χ0v) is 9.86. The molecular weight excluding hydrogens is 228 g/mol. The van der Waals surface area contributed by atoms with Gasteiger partial charge < -0.3 is 4.74 Å². The highest BCUT2D eigenvalue weighted by Gasteiger charge is 2.06. The summed E-state index contributed by atoms with van der Waals surface area (Å²) in [6, 6.07) is 7.79. The number of ether oxygens (including phenoxy) is 1. The van der Waals surface area contributed by atoms with E-state index >= 15 is 0 Å². The number of rotatable bonds is 4. The number of hydrogen-bond donors (Lipinski definition) is 0. The summed E-state index contributed by atoms with van der Waals surface area (Å²) < 4.78 is 5.39. The van der Waals surface area contributed by atoms with E-state index in [4.69, 9.17) is 4.74 Å². The van der Waals surface area contributed by atoms with Crippen molar-refractivity contribution >= 4 is 29.0 Å². The first-order valence-corrected chi connectivity index (χ1v) is 6.25. The van der Waals surface area contributed by atoms with Crippen LogP contribution < -0.4 is 4.74 Å². The van der Waals surface area contributed by atoms with Crippen LogP contribution in [0.3, 0.4) is 0 Å². The standard InChI is InChI=1S/C11H10O2S2/c1-2-13-11-6-5-10(15-11)9-4-3-8(7-12)14-9/h3-7H,2H2,1H3. The first-order chi connectivity index (χ1) is 7.33. The SMILES string of the molecule is CCOc1ccc(-c2ccc(C=O)s2)s1. The van der Waals surface area contributed by atoms with Gasteiger partial charge in [0, 0.05) is 9.75 Å². The molecule has 0 atom stereocenters.